The van der Waals surface area contributed by atoms with Gasteiger partial charge in [-0.05, 0) is 37.7 Å². The summed E-state index contributed by atoms with van der Waals surface area (Å²) >= 11 is 3.51. The van der Waals surface area contributed by atoms with Gasteiger partial charge in [-0.15, -0.1) is 0 Å². The van der Waals surface area contributed by atoms with Crippen LogP contribution < -0.4 is 0 Å². The molecule has 0 radical (unpaired) electrons. The number of benzene rings is 2. The van der Waals surface area contributed by atoms with E-state index in [2.05, 4.69) is 28.1 Å². The highest BCUT2D eigenvalue weighted by atomic mass is 79.9. The van der Waals surface area contributed by atoms with Crippen LogP contribution in [0.15, 0.2) is 46.9 Å². The highest BCUT2D eigenvalue weighted by Crippen LogP contribution is 2.31. The molecule has 3 rings (SSSR count). The van der Waals surface area contributed by atoms with Gasteiger partial charge in [0.15, 0.2) is 0 Å². The Hall–Kier alpha value is -1.49. The fourth-order valence-electron chi connectivity index (χ4n) is 2.64. The second-order valence-corrected chi connectivity index (χ2v) is 6.40. The van der Waals surface area contributed by atoms with Crippen molar-refractivity contribution in [3.8, 4) is 0 Å². The van der Waals surface area contributed by atoms with Gasteiger partial charge in [-0.1, -0.05) is 40.2 Å². The molecule has 0 saturated carbocycles. The number of fused-ring (bicyclic) bond motifs is 3. The number of pyridine rings is 1. The van der Waals surface area contributed by atoms with E-state index in [0.717, 1.165) is 31.8 Å². The number of aromatic nitrogens is 1. The molecule has 0 aliphatic carbocycles. The fourth-order valence-corrected chi connectivity index (χ4v) is 3.00. The maximum absolute atomic E-state index is 10.5. The third-order valence-corrected chi connectivity index (χ3v) is 4.04. The molecule has 0 saturated heterocycles. The van der Waals surface area contributed by atoms with Crippen LogP contribution in [0.2, 0.25) is 0 Å². The molecule has 108 valence electrons. The first kappa shape index (κ1) is 14.4. The van der Waals surface area contributed by atoms with Crippen molar-refractivity contribution in [2.24, 2.45) is 0 Å². The Labute approximate surface area is 132 Å². The summed E-state index contributed by atoms with van der Waals surface area (Å²) in [6, 6.07) is 14.1. The van der Waals surface area contributed by atoms with E-state index >= 15 is 0 Å². The SMILES string of the molecule is CN(C)C[C@@H](O)c1nc2ccc(Br)cc2c2ccccc12. The number of halogens is 1. The van der Waals surface area contributed by atoms with Crippen LogP contribution in [0.3, 0.4) is 0 Å². The van der Waals surface area contributed by atoms with Crippen molar-refractivity contribution in [2.75, 3.05) is 20.6 Å². The number of hydrogen-bond acceptors (Lipinski definition) is 3. The van der Waals surface area contributed by atoms with Gasteiger partial charge < -0.3 is 10.0 Å². The molecule has 0 amide bonds. The van der Waals surface area contributed by atoms with Crippen LogP contribution in [0.5, 0.6) is 0 Å². The molecule has 0 unspecified atom stereocenters. The summed E-state index contributed by atoms with van der Waals surface area (Å²) in [5, 5.41) is 13.7. The molecule has 1 atom stereocenters. The molecule has 0 fully saturated rings. The average Bonchev–Trinajstić information content (AvgIpc) is 2.46. The van der Waals surface area contributed by atoms with Gasteiger partial charge in [-0.3, -0.25) is 0 Å². The van der Waals surface area contributed by atoms with E-state index in [0.29, 0.717) is 6.54 Å². The van der Waals surface area contributed by atoms with Crippen LogP contribution in [0, 0.1) is 0 Å². The Morgan fingerprint density at radius 1 is 1.10 bits per heavy atom. The summed E-state index contributed by atoms with van der Waals surface area (Å²) in [6.07, 6.45) is -0.599. The quantitative estimate of drug-likeness (QED) is 0.735. The average molecular weight is 345 g/mol. The van der Waals surface area contributed by atoms with Crippen molar-refractivity contribution in [2.45, 2.75) is 6.10 Å². The number of nitrogens with zero attached hydrogens (tertiary/aromatic N) is 2. The van der Waals surface area contributed by atoms with E-state index in [1.54, 1.807) is 0 Å². The lowest BCUT2D eigenvalue weighted by Crippen LogP contribution is -2.21. The molecule has 0 aliphatic heterocycles. The summed E-state index contributed by atoms with van der Waals surface area (Å²) in [6.45, 7) is 0.555. The van der Waals surface area contributed by atoms with E-state index in [1.807, 2.05) is 49.3 Å². The van der Waals surface area contributed by atoms with E-state index in [4.69, 9.17) is 4.98 Å². The van der Waals surface area contributed by atoms with E-state index in [9.17, 15) is 5.11 Å². The van der Waals surface area contributed by atoms with Gasteiger partial charge in [-0.25, -0.2) is 4.98 Å². The second-order valence-electron chi connectivity index (χ2n) is 5.48. The summed E-state index contributed by atoms with van der Waals surface area (Å²) < 4.78 is 1.03. The van der Waals surface area contributed by atoms with Crippen LogP contribution >= 0.6 is 15.9 Å². The van der Waals surface area contributed by atoms with Crippen LogP contribution in [-0.2, 0) is 0 Å². The summed E-state index contributed by atoms with van der Waals surface area (Å²) in [5.74, 6) is 0. The Morgan fingerprint density at radius 3 is 2.52 bits per heavy atom. The zero-order chi connectivity index (χ0) is 15.0. The predicted octanol–water partition coefficient (Wildman–Crippen LogP) is 3.75. The van der Waals surface area contributed by atoms with Crippen molar-refractivity contribution in [3.05, 3.63) is 52.6 Å². The Balaban J connectivity index is 2.30. The Kier molecular flexibility index (Phi) is 3.93. The minimum absolute atomic E-state index is 0.555. The molecule has 0 bridgehead atoms. The van der Waals surface area contributed by atoms with Gasteiger partial charge in [0.2, 0.25) is 0 Å². The van der Waals surface area contributed by atoms with Gasteiger partial charge >= 0.3 is 0 Å². The maximum atomic E-state index is 10.5. The monoisotopic (exact) mass is 344 g/mol. The van der Waals surface area contributed by atoms with Crippen LogP contribution in [0.25, 0.3) is 21.7 Å². The smallest absolute Gasteiger partial charge is 0.109 e. The second kappa shape index (κ2) is 5.72. The van der Waals surface area contributed by atoms with E-state index in [1.165, 1.54) is 0 Å². The van der Waals surface area contributed by atoms with Gasteiger partial charge in [0, 0.05) is 21.8 Å². The standard InChI is InChI=1S/C17H17BrN2O/c1-20(2)10-16(21)17-13-6-4-3-5-12(13)14-9-11(18)7-8-15(14)19-17/h3-9,16,21H,10H2,1-2H3/t16-/m1/s1. The molecule has 0 spiro atoms. The van der Waals surface area contributed by atoms with Crippen molar-refractivity contribution < 1.29 is 5.11 Å². The van der Waals surface area contributed by atoms with Crippen LogP contribution in [0.1, 0.15) is 11.8 Å². The highest BCUT2D eigenvalue weighted by Gasteiger charge is 2.16. The molecule has 1 heterocycles. The van der Waals surface area contributed by atoms with Crippen molar-refractivity contribution in [1.29, 1.82) is 0 Å². The number of rotatable bonds is 3. The lowest BCUT2D eigenvalue weighted by atomic mass is 10.0. The Bertz CT molecular complexity index is 801. The van der Waals surface area contributed by atoms with Gasteiger partial charge in [-0.2, -0.15) is 0 Å². The fraction of sp³-hybridized carbons (Fsp3) is 0.235. The van der Waals surface area contributed by atoms with Crippen molar-refractivity contribution in [3.63, 3.8) is 0 Å². The molecule has 21 heavy (non-hydrogen) atoms. The maximum Gasteiger partial charge on any atom is 0.109 e. The summed E-state index contributed by atoms with van der Waals surface area (Å²) in [5.41, 5.74) is 1.65. The normalized spacial score (nSPS) is 13.2. The Morgan fingerprint density at radius 2 is 1.81 bits per heavy atom. The molecular formula is C17H17BrN2O. The highest BCUT2D eigenvalue weighted by molar-refractivity contribution is 9.10. The first-order valence-electron chi connectivity index (χ1n) is 6.87. The number of aliphatic hydroxyl groups excluding tert-OH is 1. The molecule has 3 nitrogen and oxygen atoms in total. The lowest BCUT2D eigenvalue weighted by molar-refractivity contribution is 0.136. The van der Waals surface area contributed by atoms with Gasteiger partial charge in [0.25, 0.3) is 0 Å². The molecule has 4 heteroatoms. The minimum atomic E-state index is -0.599. The zero-order valence-electron chi connectivity index (χ0n) is 12.0. The third-order valence-electron chi connectivity index (χ3n) is 3.55. The molecule has 3 aromatic rings. The van der Waals surface area contributed by atoms with Crippen molar-refractivity contribution >= 4 is 37.6 Å². The summed E-state index contributed by atoms with van der Waals surface area (Å²) in [7, 11) is 3.90. The first-order chi connectivity index (χ1) is 10.1. The largest absolute Gasteiger partial charge is 0.385 e. The van der Waals surface area contributed by atoms with E-state index < -0.39 is 6.10 Å². The topological polar surface area (TPSA) is 36.4 Å². The van der Waals surface area contributed by atoms with Crippen LogP contribution in [0.4, 0.5) is 0 Å². The molecular weight excluding hydrogens is 328 g/mol. The number of hydrogen-bond donors (Lipinski definition) is 1. The first-order valence-corrected chi connectivity index (χ1v) is 7.66. The molecule has 1 aromatic heterocycles. The third kappa shape index (κ3) is 2.79. The number of likely N-dealkylation sites (N-methyl/N-ethyl adjacent to an activating group) is 1. The molecule has 0 aliphatic rings. The zero-order valence-corrected chi connectivity index (χ0v) is 13.6. The molecule has 1 N–H and O–H groups in total. The molecule has 2 aromatic carbocycles. The van der Waals surface area contributed by atoms with Gasteiger partial charge in [0.05, 0.1) is 11.2 Å². The van der Waals surface area contributed by atoms with Crippen LogP contribution in [-0.4, -0.2) is 35.6 Å². The minimum Gasteiger partial charge on any atom is -0.385 e. The lowest BCUT2D eigenvalue weighted by Gasteiger charge is -2.18. The van der Waals surface area contributed by atoms with Gasteiger partial charge in [0.1, 0.15) is 6.10 Å². The van der Waals surface area contributed by atoms with Crippen molar-refractivity contribution in [1.82, 2.24) is 9.88 Å². The van der Waals surface area contributed by atoms with E-state index in [-0.39, 0.29) is 0 Å². The summed E-state index contributed by atoms with van der Waals surface area (Å²) in [4.78, 5) is 6.67. The predicted molar refractivity (Wildman–Crippen MR) is 90.5 cm³/mol. The number of aliphatic hydroxyl groups is 1.